The van der Waals surface area contributed by atoms with Crippen molar-refractivity contribution in [2.24, 2.45) is 10.1 Å². The van der Waals surface area contributed by atoms with E-state index >= 15 is 0 Å². The highest BCUT2D eigenvalue weighted by atomic mass is 32.2. The molecule has 1 amide bonds. The highest BCUT2D eigenvalue weighted by Gasteiger charge is 2.36. The molecule has 5 rings (SSSR count). The number of carbonyl (C=O) groups is 1. The molecule has 0 saturated carbocycles. The third kappa shape index (κ3) is 4.92. The summed E-state index contributed by atoms with van der Waals surface area (Å²) in [6.07, 6.45) is 4.97. The quantitative estimate of drug-likeness (QED) is 0.459. The first-order valence-electron chi connectivity index (χ1n) is 11.4. The van der Waals surface area contributed by atoms with Crippen LogP contribution in [-0.4, -0.2) is 38.6 Å². The van der Waals surface area contributed by atoms with Crippen molar-refractivity contribution in [2.45, 2.75) is 20.5 Å². The molecule has 3 heterocycles. The molecule has 0 unspecified atom stereocenters. The summed E-state index contributed by atoms with van der Waals surface area (Å²) in [4.78, 5) is 21.0. The Morgan fingerprint density at radius 2 is 1.89 bits per heavy atom. The predicted molar refractivity (Wildman–Crippen MR) is 141 cm³/mol. The number of hydrogen-bond donors (Lipinski definition) is 1. The molecule has 2 aromatic carbocycles. The zero-order valence-electron chi connectivity index (χ0n) is 19.8. The normalized spacial score (nSPS) is 16.1. The standard InChI is InChI=1S/C27H23N5O3S/c1-3-34-23-15-18(7-8-22(23)35-16-19-6-4-5-17(2)13-19)14-21-24(28)32-27(30-25(21)33)36-26(31-32)20-9-11-29-12-10-20/h4-15,28H,3,16H2,1-2H3/b21-14+,28-24?. The smallest absolute Gasteiger partial charge is 0.283 e. The lowest BCUT2D eigenvalue weighted by molar-refractivity contribution is -0.114. The molecule has 2 aliphatic rings. The Morgan fingerprint density at radius 1 is 1.06 bits per heavy atom. The average Bonchev–Trinajstić information content (AvgIpc) is 3.31. The van der Waals surface area contributed by atoms with Crippen molar-refractivity contribution in [3.8, 4) is 11.5 Å². The number of aliphatic imine (C=N–C) groups is 1. The highest BCUT2D eigenvalue weighted by Crippen LogP contribution is 2.33. The van der Waals surface area contributed by atoms with Gasteiger partial charge in [0, 0.05) is 18.0 Å². The maximum atomic E-state index is 12.8. The molecule has 180 valence electrons. The second-order valence-corrected chi connectivity index (χ2v) is 9.03. The van der Waals surface area contributed by atoms with Gasteiger partial charge in [-0.3, -0.25) is 15.2 Å². The maximum absolute atomic E-state index is 12.8. The number of carbonyl (C=O) groups excluding carboxylic acids is 1. The van der Waals surface area contributed by atoms with Crippen LogP contribution in [0, 0.1) is 12.3 Å². The second kappa shape index (κ2) is 10.2. The highest BCUT2D eigenvalue weighted by molar-refractivity contribution is 8.27. The summed E-state index contributed by atoms with van der Waals surface area (Å²) in [6, 6.07) is 17.2. The number of benzene rings is 2. The Kier molecular flexibility index (Phi) is 6.64. The molecule has 8 nitrogen and oxygen atoms in total. The van der Waals surface area contributed by atoms with Gasteiger partial charge in [0.1, 0.15) is 11.7 Å². The molecule has 9 heteroatoms. The molecule has 1 aromatic heterocycles. The first-order valence-corrected chi connectivity index (χ1v) is 12.2. The number of amidine groups is 2. The maximum Gasteiger partial charge on any atom is 0.283 e. The van der Waals surface area contributed by atoms with Gasteiger partial charge in [0.15, 0.2) is 17.3 Å². The number of aryl methyl sites for hydroxylation is 1. The number of aromatic nitrogens is 1. The number of nitrogens with zero attached hydrogens (tertiary/aromatic N) is 4. The van der Waals surface area contributed by atoms with Gasteiger partial charge in [0.2, 0.25) is 5.17 Å². The Balaban J connectivity index is 1.39. The monoisotopic (exact) mass is 497 g/mol. The van der Waals surface area contributed by atoms with E-state index in [9.17, 15) is 4.79 Å². The Bertz CT molecular complexity index is 1430. The van der Waals surface area contributed by atoms with Crippen LogP contribution in [0.5, 0.6) is 11.5 Å². The third-order valence-corrected chi connectivity index (χ3v) is 6.39. The van der Waals surface area contributed by atoms with Crippen molar-refractivity contribution in [1.82, 2.24) is 9.99 Å². The van der Waals surface area contributed by atoms with E-state index in [1.54, 1.807) is 24.5 Å². The van der Waals surface area contributed by atoms with Crippen molar-refractivity contribution >= 4 is 39.8 Å². The number of pyridine rings is 1. The van der Waals surface area contributed by atoms with Gasteiger partial charge in [-0.15, -0.1) is 0 Å². The summed E-state index contributed by atoms with van der Waals surface area (Å²) in [7, 11) is 0. The molecular weight excluding hydrogens is 474 g/mol. The van der Waals surface area contributed by atoms with E-state index in [2.05, 4.69) is 21.1 Å². The number of nitrogens with one attached hydrogen (secondary N) is 1. The van der Waals surface area contributed by atoms with Gasteiger partial charge in [0.25, 0.3) is 5.91 Å². The van der Waals surface area contributed by atoms with E-state index in [0.29, 0.717) is 40.5 Å². The van der Waals surface area contributed by atoms with Crippen LogP contribution >= 0.6 is 11.8 Å². The lowest BCUT2D eigenvalue weighted by Gasteiger charge is -2.20. The van der Waals surface area contributed by atoms with Crippen LogP contribution in [0.15, 0.2) is 82.7 Å². The Morgan fingerprint density at radius 3 is 2.67 bits per heavy atom. The molecule has 0 bridgehead atoms. The molecule has 36 heavy (non-hydrogen) atoms. The fraction of sp³-hybridized carbons (Fsp3) is 0.148. The molecule has 0 saturated heterocycles. The number of rotatable bonds is 7. The van der Waals surface area contributed by atoms with Crippen molar-refractivity contribution in [1.29, 1.82) is 5.41 Å². The molecule has 0 fully saturated rings. The van der Waals surface area contributed by atoms with Gasteiger partial charge in [-0.25, -0.2) is 0 Å². The van der Waals surface area contributed by atoms with E-state index in [-0.39, 0.29) is 11.4 Å². The van der Waals surface area contributed by atoms with Crippen LogP contribution < -0.4 is 9.47 Å². The molecule has 3 aromatic rings. The molecule has 0 radical (unpaired) electrons. The van der Waals surface area contributed by atoms with E-state index in [1.807, 2.05) is 56.3 Å². The number of thioether (sulfide) groups is 1. The van der Waals surface area contributed by atoms with Crippen molar-refractivity contribution in [3.05, 3.63) is 94.8 Å². The van der Waals surface area contributed by atoms with Gasteiger partial charge in [0.05, 0.1) is 12.2 Å². The van der Waals surface area contributed by atoms with E-state index in [0.717, 1.165) is 11.1 Å². The third-order valence-electron chi connectivity index (χ3n) is 5.44. The first-order chi connectivity index (χ1) is 17.5. The minimum atomic E-state index is -0.484. The first kappa shape index (κ1) is 23.5. The summed E-state index contributed by atoms with van der Waals surface area (Å²) in [5.74, 6) is 0.656. The Labute approximate surface area is 212 Å². The molecule has 0 atom stereocenters. The summed E-state index contributed by atoms with van der Waals surface area (Å²) in [5, 5.41) is 15.5. The fourth-order valence-electron chi connectivity index (χ4n) is 3.73. The number of ether oxygens (including phenoxy) is 2. The van der Waals surface area contributed by atoms with Crippen molar-refractivity contribution in [2.75, 3.05) is 6.61 Å². The van der Waals surface area contributed by atoms with Crippen molar-refractivity contribution in [3.63, 3.8) is 0 Å². The van der Waals surface area contributed by atoms with Crippen LogP contribution in [0.25, 0.3) is 6.08 Å². The zero-order chi connectivity index (χ0) is 25.1. The molecule has 0 aliphatic carbocycles. The summed E-state index contributed by atoms with van der Waals surface area (Å²) in [5.41, 5.74) is 3.92. The summed E-state index contributed by atoms with van der Waals surface area (Å²) < 4.78 is 11.8. The van der Waals surface area contributed by atoms with Crippen LogP contribution in [0.4, 0.5) is 0 Å². The number of hydrazone groups is 1. The largest absolute Gasteiger partial charge is 0.490 e. The second-order valence-electron chi connectivity index (χ2n) is 8.08. The number of amides is 1. The molecule has 2 aliphatic heterocycles. The van der Waals surface area contributed by atoms with Gasteiger partial charge >= 0.3 is 0 Å². The minimum Gasteiger partial charge on any atom is -0.490 e. The van der Waals surface area contributed by atoms with E-state index in [4.69, 9.17) is 14.9 Å². The van der Waals surface area contributed by atoms with E-state index in [1.165, 1.54) is 22.3 Å². The van der Waals surface area contributed by atoms with Gasteiger partial charge in [-0.05, 0) is 67.1 Å². The Hall–Kier alpha value is -4.24. The SMILES string of the molecule is CCOc1cc(/C=C2\C(=N)N3N=C(c4ccncc4)SC3=NC2=O)ccc1OCc1cccc(C)c1. The van der Waals surface area contributed by atoms with Gasteiger partial charge in [-0.1, -0.05) is 35.9 Å². The molecule has 0 spiro atoms. The number of fused-ring (bicyclic) bond motifs is 1. The zero-order valence-corrected chi connectivity index (χ0v) is 20.6. The van der Waals surface area contributed by atoms with Crippen LogP contribution in [0.1, 0.15) is 29.2 Å². The van der Waals surface area contributed by atoms with Crippen LogP contribution in [-0.2, 0) is 11.4 Å². The van der Waals surface area contributed by atoms with Gasteiger partial charge in [-0.2, -0.15) is 15.1 Å². The van der Waals surface area contributed by atoms with E-state index < -0.39 is 5.91 Å². The number of hydrogen-bond acceptors (Lipinski definition) is 7. The molecule has 1 N–H and O–H groups in total. The van der Waals surface area contributed by atoms with Crippen molar-refractivity contribution < 1.29 is 14.3 Å². The average molecular weight is 498 g/mol. The molecular formula is C27H23N5O3S. The van der Waals surface area contributed by atoms with Crippen LogP contribution in [0.3, 0.4) is 0 Å². The lowest BCUT2D eigenvalue weighted by atomic mass is 10.1. The fourth-order valence-corrected chi connectivity index (χ4v) is 4.63. The van der Waals surface area contributed by atoms with Crippen LogP contribution in [0.2, 0.25) is 0 Å². The topological polar surface area (TPSA) is 100 Å². The predicted octanol–water partition coefficient (Wildman–Crippen LogP) is 5.04. The summed E-state index contributed by atoms with van der Waals surface area (Å²) in [6.45, 7) is 4.81. The minimum absolute atomic E-state index is 0.0284. The lowest BCUT2D eigenvalue weighted by Crippen LogP contribution is -2.35. The van der Waals surface area contributed by atoms with Gasteiger partial charge < -0.3 is 9.47 Å². The summed E-state index contributed by atoms with van der Waals surface area (Å²) >= 11 is 1.25.